The molecule has 4 rings (SSSR count). The molecule has 24 heavy (non-hydrogen) atoms. The summed E-state index contributed by atoms with van der Waals surface area (Å²) in [6.07, 6.45) is 5.20. The number of benzene rings is 1. The van der Waals surface area contributed by atoms with Crippen molar-refractivity contribution in [1.29, 1.82) is 0 Å². The molecule has 0 bridgehead atoms. The maximum Gasteiger partial charge on any atom is 0.226 e. The summed E-state index contributed by atoms with van der Waals surface area (Å²) < 4.78 is 5.58. The minimum Gasteiger partial charge on any atom is -0.444 e. The zero-order valence-electron chi connectivity index (χ0n) is 13.3. The third-order valence-corrected chi connectivity index (χ3v) is 4.13. The summed E-state index contributed by atoms with van der Waals surface area (Å²) in [4.78, 5) is 13.4. The summed E-state index contributed by atoms with van der Waals surface area (Å²) in [5, 5.41) is 6.77. The molecule has 1 aliphatic heterocycles. The van der Waals surface area contributed by atoms with E-state index in [1.165, 1.54) is 5.56 Å². The maximum absolute atomic E-state index is 5.58. The molecule has 0 atom stereocenters. The van der Waals surface area contributed by atoms with Crippen LogP contribution in [0, 0.1) is 0 Å². The first-order chi connectivity index (χ1) is 11.9. The first-order valence-electron chi connectivity index (χ1n) is 8.17. The van der Waals surface area contributed by atoms with Gasteiger partial charge in [-0.1, -0.05) is 18.2 Å². The Morgan fingerprint density at radius 1 is 1.08 bits per heavy atom. The highest BCUT2D eigenvalue weighted by Gasteiger charge is 2.14. The largest absolute Gasteiger partial charge is 0.444 e. The van der Waals surface area contributed by atoms with E-state index in [0.717, 1.165) is 48.7 Å². The first kappa shape index (κ1) is 14.8. The first-order valence-corrected chi connectivity index (χ1v) is 8.17. The highest BCUT2D eigenvalue weighted by Crippen LogP contribution is 2.21. The lowest BCUT2D eigenvalue weighted by atomic mass is 10.1. The molecule has 0 amide bonds. The molecule has 2 N–H and O–H groups in total. The molecular weight excluding hydrogens is 302 g/mol. The number of rotatable bonds is 4. The van der Waals surface area contributed by atoms with Crippen LogP contribution >= 0.6 is 0 Å². The van der Waals surface area contributed by atoms with Gasteiger partial charge >= 0.3 is 0 Å². The van der Waals surface area contributed by atoms with E-state index < -0.39 is 0 Å². The van der Waals surface area contributed by atoms with Gasteiger partial charge in [-0.2, -0.15) is 0 Å². The average Bonchev–Trinajstić information content (AvgIpc) is 2.97. The number of anilines is 1. The van der Waals surface area contributed by atoms with Crippen molar-refractivity contribution in [3.63, 3.8) is 0 Å². The van der Waals surface area contributed by atoms with Crippen molar-refractivity contribution in [3.8, 4) is 11.5 Å². The molecule has 2 aromatic heterocycles. The monoisotopic (exact) mass is 321 g/mol. The van der Waals surface area contributed by atoms with Gasteiger partial charge in [-0.05, 0) is 25.1 Å². The van der Waals surface area contributed by atoms with E-state index in [1.807, 2.05) is 30.3 Å². The minimum absolute atomic E-state index is 0.577. The Morgan fingerprint density at radius 2 is 1.96 bits per heavy atom. The number of hydrogen-bond donors (Lipinski definition) is 2. The fraction of sp³-hybridized carbons (Fsp3) is 0.278. The van der Waals surface area contributed by atoms with Crippen molar-refractivity contribution >= 4 is 5.82 Å². The van der Waals surface area contributed by atoms with Crippen LogP contribution in [0.15, 0.2) is 47.3 Å². The van der Waals surface area contributed by atoms with Crippen LogP contribution in [0.5, 0.6) is 0 Å². The molecule has 1 aliphatic rings. The second-order valence-corrected chi connectivity index (χ2v) is 5.76. The molecule has 6 heteroatoms. The zero-order chi connectivity index (χ0) is 16.2. The molecule has 3 aromatic rings. The third-order valence-electron chi connectivity index (χ3n) is 4.13. The predicted molar refractivity (Wildman–Crippen MR) is 91.6 cm³/mol. The summed E-state index contributed by atoms with van der Waals surface area (Å²) in [6, 6.07) is 9.90. The van der Waals surface area contributed by atoms with Crippen LogP contribution in [0.1, 0.15) is 17.0 Å². The molecule has 0 saturated heterocycles. The number of aromatic nitrogens is 3. The van der Waals surface area contributed by atoms with Gasteiger partial charge in [0.05, 0.1) is 17.9 Å². The third kappa shape index (κ3) is 3.14. The van der Waals surface area contributed by atoms with E-state index in [4.69, 9.17) is 4.42 Å². The van der Waals surface area contributed by atoms with E-state index in [1.54, 1.807) is 12.6 Å². The van der Waals surface area contributed by atoms with Crippen LogP contribution in [-0.2, 0) is 19.4 Å². The van der Waals surface area contributed by atoms with Gasteiger partial charge in [0.15, 0.2) is 0 Å². The lowest BCUT2D eigenvalue weighted by Gasteiger charge is -2.11. The number of nitrogens with zero attached hydrogens (tertiary/aromatic N) is 3. The highest BCUT2D eigenvalue weighted by molar-refractivity contribution is 5.53. The van der Waals surface area contributed by atoms with E-state index in [-0.39, 0.29) is 0 Å². The molecule has 0 radical (unpaired) electrons. The van der Waals surface area contributed by atoms with Gasteiger partial charge in [0.2, 0.25) is 5.89 Å². The van der Waals surface area contributed by atoms with Crippen LogP contribution in [-0.4, -0.2) is 28.0 Å². The predicted octanol–water partition coefficient (Wildman–Crippen LogP) is 2.43. The summed E-state index contributed by atoms with van der Waals surface area (Å²) in [5.41, 5.74) is 4.16. The fourth-order valence-electron chi connectivity index (χ4n) is 2.90. The fourth-order valence-corrected chi connectivity index (χ4v) is 2.90. The topological polar surface area (TPSA) is 75.9 Å². The highest BCUT2D eigenvalue weighted by atomic mass is 16.3. The minimum atomic E-state index is 0.577. The molecule has 122 valence electrons. The smallest absolute Gasteiger partial charge is 0.226 e. The summed E-state index contributed by atoms with van der Waals surface area (Å²) in [7, 11) is 0. The van der Waals surface area contributed by atoms with Crippen LogP contribution in [0.2, 0.25) is 0 Å². The van der Waals surface area contributed by atoms with Crippen LogP contribution in [0.4, 0.5) is 5.82 Å². The SMILES string of the molecule is c1ccc(-c2nc(CNc3ncnc4c3CCNCC4)co2)cc1. The Labute approximate surface area is 140 Å². The Kier molecular flexibility index (Phi) is 4.20. The van der Waals surface area contributed by atoms with Gasteiger partial charge in [-0.25, -0.2) is 15.0 Å². The Hall–Kier alpha value is -2.73. The van der Waals surface area contributed by atoms with Gasteiger partial charge in [0.25, 0.3) is 0 Å². The molecule has 0 fully saturated rings. The van der Waals surface area contributed by atoms with E-state index in [2.05, 4.69) is 25.6 Å². The molecule has 6 nitrogen and oxygen atoms in total. The number of fused-ring (bicyclic) bond motifs is 1. The normalized spacial score (nSPS) is 14.0. The molecule has 3 heterocycles. The van der Waals surface area contributed by atoms with Gasteiger partial charge in [-0.15, -0.1) is 0 Å². The summed E-state index contributed by atoms with van der Waals surface area (Å²) >= 11 is 0. The lowest BCUT2D eigenvalue weighted by molar-refractivity contribution is 0.573. The summed E-state index contributed by atoms with van der Waals surface area (Å²) in [5.74, 6) is 1.53. The Bertz CT molecular complexity index is 815. The van der Waals surface area contributed by atoms with Gasteiger partial charge in [-0.3, -0.25) is 0 Å². The molecule has 0 unspecified atom stereocenters. The van der Waals surface area contributed by atoms with E-state index in [0.29, 0.717) is 12.4 Å². The number of nitrogens with one attached hydrogen (secondary N) is 2. The van der Waals surface area contributed by atoms with Gasteiger partial charge < -0.3 is 15.1 Å². The van der Waals surface area contributed by atoms with Crippen LogP contribution in [0.3, 0.4) is 0 Å². The van der Waals surface area contributed by atoms with Crippen molar-refractivity contribution in [2.75, 3.05) is 18.4 Å². The summed E-state index contributed by atoms with van der Waals surface area (Å²) in [6.45, 7) is 2.50. The average molecular weight is 321 g/mol. The number of oxazole rings is 1. The lowest BCUT2D eigenvalue weighted by Crippen LogP contribution is -2.16. The molecular formula is C18H19N5O. The van der Waals surface area contributed by atoms with Crippen molar-refractivity contribution in [2.24, 2.45) is 0 Å². The van der Waals surface area contributed by atoms with Crippen molar-refractivity contribution in [3.05, 3.63) is 59.9 Å². The standard InChI is InChI=1S/C18H19N5O/c1-2-4-13(5-3-1)18-23-14(11-24-18)10-20-17-15-6-8-19-9-7-16(15)21-12-22-17/h1-5,11-12,19H,6-10H2,(H,20,21,22). The number of hydrogen-bond acceptors (Lipinski definition) is 6. The molecule has 0 saturated carbocycles. The second kappa shape index (κ2) is 6.80. The van der Waals surface area contributed by atoms with Crippen LogP contribution < -0.4 is 10.6 Å². The Balaban J connectivity index is 1.49. The second-order valence-electron chi connectivity index (χ2n) is 5.76. The van der Waals surface area contributed by atoms with E-state index >= 15 is 0 Å². The molecule has 0 spiro atoms. The quantitative estimate of drug-likeness (QED) is 0.769. The Morgan fingerprint density at radius 3 is 2.88 bits per heavy atom. The zero-order valence-corrected chi connectivity index (χ0v) is 13.3. The van der Waals surface area contributed by atoms with Gasteiger partial charge in [0, 0.05) is 24.1 Å². The van der Waals surface area contributed by atoms with Gasteiger partial charge in [0.1, 0.15) is 18.4 Å². The van der Waals surface area contributed by atoms with Crippen molar-refractivity contribution in [1.82, 2.24) is 20.3 Å². The van der Waals surface area contributed by atoms with Crippen LogP contribution in [0.25, 0.3) is 11.5 Å². The van der Waals surface area contributed by atoms with Crippen molar-refractivity contribution in [2.45, 2.75) is 19.4 Å². The molecule has 0 aliphatic carbocycles. The molecule has 1 aromatic carbocycles. The van der Waals surface area contributed by atoms with E-state index in [9.17, 15) is 0 Å². The van der Waals surface area contributed by atoms with Crippen molar-refractivity contribution < 1.29 is 4.42 Å². The maximum atomic E-state index is 5.58.